The van der Waals surface area contributed by atoms with Crippen LogP contribution in [-0.2, 0) is 6.54 Å². The summed E-state index contributed by atoms with van der Waals surface area (Å²) < 4.78 is 5.41. The zero-order valence-electron chi connectivity index (χ0n) is 11.9. The second-order valence-corrected chi connectivity index (χ2v) is 4.37. The Labute approximate surface area is 119 Å². The summed E-state index contributed by atoms with van der Waals surface area (Å²) >= 11 is 0. The molecule has 0 atom stereocenters. The number of nitrogens with zero attached hydrogens (tertiary/aromatic N) is 2. The van der Waals surface area contributed by atoms with Gasteiger partial charge in [0.1, 0.15) is 6.33 Å². The lowest BCUT2D eigenvalue weighted by molar-refractivity contribution is 0.414. The molecular formula is C15H20N4O. The van der Waals surface area contributed by atoms with Crippen LogP contribution in [0.2, 0.25) is 0 Å². The van der Waals surface area contributed by atoms with Crippen molar-refractivity contribution in [2.45, 2.75) is 19.9 Å². The molecule has 0 aliphatic heterocycles. The van der Waals surface area contributed by atoms with Crippen molar-refractivity contribution in [2.24, 2.45) is 0 Å². The number of aromatic nitrogens is 2. The van der Waals surface area contributed by atoms with E-state index in [4.69, 9.17) is 4.74 Å². The number of benzene rings is 1. The molecule has 0 aliphatic rings. The highest BCUT2D eigenvalue weighted by Crippen LogP contribution is 2.29. The third-order valence-corrected chi connectivity index (χ3v) is 2.85. The normalized spacial score (nSPS) is 10.1. The predicted molar refractivity (Wildman–Crippen MR) is 81.1 cm³/mol. The molecule has 0 unspecified atom stereocenters. The maximum atomic E-state index is 5.41. The number of nitrogens with one attached hydrogen (secondary N) is 2. The van der Waals surface area contributed by atoms with Gasteiger partial charge in [-0.25, -0.2) is 9.97 Å². The molecule has 106 valence electrons. The second kappa shape index (κ2) is 7.33. The molecule has 1 aromatic carbocycles. The van der Waals surface area contributed by atoms with Crippen LogP contribution in [0.4, 0.5) is 11.6 Å². The van der Waals surface area contributed by atoms with Gasteiger partial charge >= 0.3 is 0 Å². The summed E-state index contributed by atoms with van der Waals surface area (Å²) in [4.78, 5) is 8.46. The summed E-state index contributed by atoms with van der Waals surface area (Å²) in [5.74, 6) is 2.07. The summed E-state index contributed by atoms with van der Waals surface area (Å²) in [7, 11) is 1.63. The molecule has 2 rings (SSSR count). The molecule has 0 spiro atoms. The van der Waals surface area contributed by atoms with Crippen LogP contribution in [0.1, 0.15) is 18.9 Å². The highest BCUT2D eigenvalue weighted by atomic mass is 16.5. The van der Waals surface area contributed by atoms with Crippen molar-refractivity contribution >= 4 is 11.6 Å². The van der Waals surface area contributed by atoms with E-state index in [-0.39, 0.29) is 0 Å². The fraction of sp³-hybridized carbons (Fsp3) is 0.333. The van der Waals surface area contributed by atoms with Crippen LogP contribution in [-0.4, -0.2) is 23.6 Å². The van der Waals surface area contributed by atoms with Crippen molar-refractivity contribution in [3.05, 3.63) is 42.2 Å². The lowest BCUT2D eigenvalue weighted by Gasteiger charge is -2.13. The molecule has 1 aromatic heterocycles. The van der Waals surface area contributed by atoms with Gasteiger partial charge in [-0.05, 0) is 12.0 Å². The van der Waals surface area contributed by atoms with Gasteiger partial charge in [-0.3, -0.25) is 0 Å². The molecule has 0 amide bonds. The lowest BCUT2D eigenvalue weighted by Crippen LogP contribution is -2.09. The van der Waals surface area contributed by atoms with Crippen LogP contribution < -0.4 is 15.4 Å². The standard InChI is InChI=1S/C15H20N4O/c1-3-9-16-14-13(20-2)15(19-11-18-14)17-10-12-7-5-4-6-8-12/h4-8,11H,3,9-10H2,1-2H3,(H2,16,17,18,19). The molecule has 0 aliphatic carbocycles. The van der Waals surface area contributed by atoms with Crippen molar-refractivity contribution in [3.63, 3.8) is 0 Å². The van der Waals surface area contributed by atoms with E-state index in [2.05, 4.69) is 39.7 Å². The van der Waals surface area contributed by atoms with Crippen molar-refractivity contribution < 1.29 is 4.74 Å². The molecule has 2 N–H and O–H groups in total. The molecule has 2 aromatic rings. The Kier molecular flexibility index (Phi) is 5.17. The SMILES string of the molecule is CCCNc1ncnc(NCc2ccccc2)c1OC. The minimum absolute atomic E-state index is 0.650. The summed E-state index contributed by atoms with van der Waals surface area (Å²) in [5.41, 5.74) is 1.19. The van der Waals surface area contributed by atoms with Crippen LogP contribution in [0.5, 0.6) is 5.75 Å². The Bertz CT molecular complexity index is 531. The first-order valence-electron chi connectivity index (χ1n) is 6.75. The van der Waals surface area contributed by atoms with Gasteiger partial charge in [0.15, 0.2) is 11.6 Å². The zero-order chi connectivity index (χ0) is 14.2. The fourth-order valence-electron chi connectivity index (χ4n) is 1.84. The first kappa shape index (κ1) is 14.1. The summed E-state index contributed by atoms with van der Waals surface area (Å²) in [5, 5.41) is 6.52. The highest BCUT2D eigenvalue weighted by Gasteiger charge is 2.11. The molecule has 0 bridgehead atoms. The number of ether oxygens (including phenoxy) is 1. The van der Waals surface area contributed by atoms with E-state index in [1.807, 2.05) is 18.2 Å². The fourth-order valence-corrected chi connectivity index (χ4v) is 1.84. The summed E-state index contributed by atoms with van der Waals surface area (Å²) in [6, 6.07) is 10.2. The van der Waals surface area contributed by atoms with Crippen molar-refractivity contribution in [1.29, 1.82) is 0 Å². The van der Waals surface area contributed by atoms with Gasteiger partial charge in [-0.2, -0.15) is 0 Å². The van der Waals surface area contributed by atoms with Crippen LogP contribution in [0.25, 0.3) is 0 Å². The van der Waals surface area contributed by atoms with Gasteiger partial charge in [0.05, 0.1) is 7.11 Å². The number of rotatable bonds is 7. The van der Waals surface area contributed by atoms with Crippen molar-refractivity contribution in [3.8, 4) is 5.75 Å². The Morgan fingerprint density at radius 3 is 2.40 bits per heavy atom. The van der Waals surface area contributed by atoms with Crippen molar-refractivity contribution in [2.75, 3.05) is 24.3 Å². The first-order valence-corrected chi connectivity index (χ1v) is 6.75. The molecule has 0 radical (unpaired) electrons. The highest BCUT2D eigenvalue weighted by molar-refractivity contribution is 5.63. The van der Waals surface area contributed by atoms with Crippen LogP contribution >= 0.6 is 0 Å². The van der Waals surface area contributed by atoms with Crippen LogP contribution in [0.15, 0.2) is 36.7 Å². The Morgan fingerprint density at radius 1 is 1.05 bits per heavy atom. The predicted octanol–water partition coefficient (Wildman–Crippen LogP) is 2.92. The van der Waals surface area contributed by atoms with E-state index in [9.17, 15) is 0 Å². The Morgan fingerprint density at radius 2 is 1.75 bits per heavy atom. The Hall–Kier alpha value is -2.30. The number of hydrogen-bond donors (Lipinski definition) is 2. The van der Waals surface area contributed by atoms with E-state index in [0.29, 0.717) is 18.1 Å². The Balaban J connectivity index is 2.10. The number of anilines is 2. The smallest absolute Gasteiger partial charge is 0.204 e. The summed E-state index contributed by atoms with van der Waals surface area (Å²) in [6.45, 7) is 3.65. The largest absolute Gasteiger partial charge is 0.490 e. The van der Waals surface area contributed by atoms with Gasteiger partial charge in [0.25, 0.3) is 0 Å². The molecule has 0 saturated heterocycles. The monoisotopic (exact) mass is 272 g/mol. The topological polar surface area (TPSA) is 59.1 Å². The van der Waals surface area contributed by atoms with E-state index in [1.54, 1.807) is 7.11 Å². The van der Waals surface area contributed by atoms with Gasteiger partial charge in [-0.1, -0.05) is 37.3 Å². The van der Waals surface area contributed by atoms with E-state index >= 15 is 0 Å². The van der Waals surface area contributed by atoms with Crippen molar-refractivity contribution in [1.82, 2.24) is 9.97 Å². The second-order valence-electron chi connectivity index (χ2n) is 4.37. The molecule has 5 heteroatoms. The van der Waals surface area contributed by atoms with Gasteiger partial charge in [0, 0.05) is 13.1 Å². The molecule has 0 saturated carbocycles. The third kappa shape index (κ3) is 3.60. The molecule has 0 fully saturated rings. The molecule has 1 heterocycles. The zero-order valence-corrected chi connectivity index (χ0v) is 11.9. The van der Waals surface area contributed by atoms with Gasteiger partial charge < -0.3 is 15.4 Å². The van der Waals surface area contributed by atoms with Gasteiger partial charge in [-0.15, -0.1) is 0 Å². The summed E-state index contributed by atoms with van der Waals surface area (Å²) in [6.07, 6.45) is 2.56. The van der Waals surface area contributed by atoms with E-state index in [0.717, 1.165) is 18.8 Å². The average Bonchev–Trinajstić information content (AvgIpc) is 2.51. The van der Waals surface area contributed by atoms with Crippen LogP contribution in [0, 0.1) is 0 Å². The first-order chi connectivity index (χ1) is 9.85. The average molecular weight is 272 g/mol. The minimum Gasteiger partial charge on any atom is -0.490 e. The maximum absolute atomic E-state index is 5.41. The third-order valence-electron chi connectivity index (χ3n) is 2.85. The van der Waals surface area contributed by atoms with Gasteiger partial charge in [0.2, 0.25) is 5.75 Å². The van der Waals surface area contributed by atoms with E-state index < -0.39 is 0 Å². The molecular weight excluding hydrogens is 252 g/mol. The minimum atomic E-state index is 0.650. The van der Waals surface area contributed by atoms with E-state index in [1.165, 1.54) is 11.9 Å². The molecule has 5 nitrogen and oxygen atoms in total. The van der Waals surface area contributed by atoms with Crippen LogP contribution in [0.3, 0.4) is 0 Å². The quantitative estimate of drug-likeness (QED) is 0.811. The number of methoxy groups -OCH3 is 1. The number of hydrogen-bond acceptors (Lipinski definition) is 5. The maximum Gasteiger partial charge on any atom is 0.204 e. The lowest BCUT2D eigenvalue weighted by atomic mass is 10.2. The molecule has 20 heavy (non-hydrogen) atoms.